The van der Waals surface area contributed by atoms with E-state index in [1.165, 1.54) is 0 Å². The number of benzene rings is 1. The lowest BCUT2D eigenvalue weighted by Gasteiger charge is -2.23. The zero-order valence-electron chi connectivity index (χ0n) is 10.4. The molecule has 1 saturated heterocycles. The van der Waals surface area contributed by atoms with Crippen LogP contribution in [-0.4, -0.2) is 36.2 Å². The Morgan fingerprint density at radius 1 is 1.61 bits per heavy atom. The largest absolute Gasteiger partial charge is 0.389 e. The van der Waals surface area contributed by atoms with Crippen LogP contribution in [0.2, 0.25) is 0 Å². The van der Waals surface area contributed by atoms with Crippen LogP contribution < -0.4 is 5.73 Å². The second-order valence-corrected chi connectivity index (χ2v) is 5.02. The van der Waals surface area contributed by atoms with Crippen LogP contribution >= 0.6 is 12.2 Å². The van der Waals surface area contributed by atoms with Gasteiger partial charge in [-0.05, 0) is 19.5 Å². The minimum Gasteiger partial charge on any atom is -0.389 e. The Kier molecular flexibility index (Phi) is 4.27. The molecular weight excluding hydrogens is 251 g/mol. The highest BCUT2D eigenvalue weighted by atomic mass is 32.1. The van der Waals surface area contributed by atoms with Crippen molar-refractivity contribution in [2.45, 2.75) is 19.0 Å². The Balaban J connectivity index is 2.13. The van der Waals surface area contributed by atoms with E-state index < -0.39 is 0 Å². The van der Waals surface area contributed by atoms with Gasteiger partial charge in [-0.1, -0.05) is 24.4 Å². The Morgan fingerprint density at radius 3 is 3.00 bits per heavy atom. The van der Waals surface area contributed by atoms with Crippen LogP contribution in [0.15, 0.2) is 18.2 Å². The third kappa shape index (κ3) is 2.85. The van der Waals surface area contributed by atoms with Crippen LogP contribution in [0.4, 0.5) is 4.39 Å². The molecule has 98 valence electrons. The van der Waals surface area contributed by atoms with E-state index in [4.69, 9.17) is 22.7 Å². The maximum atomic E-state index is 14.1. The van der Waals surface area contributed by atoms with E-state index in [2.05, 4.69) is 4.90 Å². The molecule has 1 atom stereocenters. The van der Waals surface area contributed by atoms with Crippen molar-refractivity contribution >= 4 is 17.2 Å². The number of hydrogen-bond donors (Lipinski definition) is 1. The molecule has 1 unspecified atom stereocenters. The van der Waals surface area contributed by atoms with Gasteiger partial charge in [0.05, 0.1) is 6.61 Å². The van der Waals surface area contributed by atoms with Gasteiger partial charge in [0.1, 0.15) is 10.8 Å². The van der Waals surface area contributed by atoms with Gasteiger partial charge in [-0.25, -0.2) is 4.39 Å². The fourth-order valence-electron chi connectivity index (χ4n) is 2.16. The molecule has 0 amide bonds. The number of hydrogen-bond acceptors (Lipinski definition) is 3. The zero-order valence-corrected chi connectivity index (χ0v) is 11.2. The van der Waals surface area contributed by atoms with Gasteiger partial charge < -0.3 is 10.5 Å². The van der Waals surface area contributed by atoms with Crippen LogP contribution in [0, 0.1) is 5.82 Å². The SMILES string of the molecule is CN(Cc1cccc(C(N)=S)c1F)C1CCOC1. The van der Waals surface area contributed by atoms with Gasteiger partial charge in [0.2, 0.25) is 0 Å². The van der Waals surface area contributed by atoms with Crippen molar-refractivity contribution in [1.82, 2.24) is 4.90 Å². The van der Waals surface area contributed by atoms with Crippen LogP contribution in [0.1, 0.15) is 17.5 Å². The monoisotopic (exact) mass is 268 g/mol. The number of rotatable bonds is 4. The fourth-order valence-corrected chi connectivity index (χ4v) is 2.32. The molecule has 1 aromatic rings. The summed E-state index contributed by atoms with van der Waals surface area (Å²) in [6.07, 6.45) is 0.993. The molecule has 0 radical (unpaired) electrons. The van der Waals surface area contributed by atoms with Gasteiger partial charge in [-0.15, -0.1) is 0 Å². The lowest BCUT2D eigenvalue weighted by atomic mass is 10.1. The molecule has 0 aliphatic carbocycles. The van der Waals surface area contributed by atoms with Crippen LogP contribution in [0.5, 0.6) is 0 Å². The van der Waals surface area contributed by atoms with Gasteiger partial charge in [0.15, 0.2) is 0 Å². The van der Waals surface area contributed by atoms with Gasteiger partial charge in [-0.2, -0.15) is 0 Å². The van der Waals surface area contributed by atoms with E-state index in [-0.39, 0.29) is 10.8 Å². The third-order valence-electron chi connectivity index (χ3n) is 3.29. The molecule has 2 rings (SSSR count). The number of nitrogens with two attached hydrogens (primary N) is 1. The van der Waals surface area contributed by atoms with Crippen LogP contribution in [-0.2, 0) is 11.3 Å². The first kappa shape index (κ1) is 13.4. The first-order valence-corrected chi connectivity index (χ1v) is 6.35. The van der Waals surface area contributed by atoms with E-state index >= 15 is 0 Å². The van der Waals surface area contributed by atoms with Crippen molar-refractivity contribution < 1.29 is 9.13 Å². The quantitative estimate of drug-likeness (QED) is 0.843. The van der Waals surface area contributed by atoms with Gasteiger partial charge in [0, 0.05) is 30.3 Å². The van der Waals surface area contributed by atoms with Crippen LogP contribution in [0.3, 0.4) is 0 Å². The summed E-state index contributed by atoms with van der Waals surface area (Å²) in [5.41, 5.74) is 6.43. The molecule has 5 heteroatoms. The van der Waals surface area contributed by atoms with E-state index in [0.717, 1.165) is 13.0 Å². The number of thiocarbonyl (C=S) groups is 1. The second kappa shape index (κ2) is 5.73. The third-order valence-corrected chi connectivity index (χ3v) is 3.51. The summed E-state index contributed by atoms with van der Waals surface area (Å²) in [6.45, 7) is 2.04. The molecule has 1 fully saturated rings. The molecule has 3 nitrogen and oxygen atoms in total. The summed E-state index contributed by atoms with van der Waals surface area (Å²) in [7, 11) is 1.98. The summed E-state index contributed by atoms with van der Waals surface area (Å²) in [4.78, 5) is 2.20. The van der Waals surface area contributed by atoms with E-state index in [1.807, 2.05) is 7.05 Å². The highest BCUT2D eigenvalue weighted by Gasteiger charge is 2.21. The van der Waals surface area contributed by atoms with Gasteiger partial charge in [0.25, 0.3) is 0 Å². The molecule has 2 N–H and O–H groups in total. The molecule has 0 spiro atoms. The minimum atomic E-state index is -0.309. The first-order valence-electron chi connectivity index (χ1n) is 5.94. The van der Waals surface area contributed by atoms with Gasteiger partial charge >= 0.3 is 0 Å². The maximum absolute atomic E-state index is 14.1. The molecule has 1 aliphatic rings. The average Bonchev–Trinajstić information content (AvgIpc) is 2.85. The number of nitrogens with zero attached hydrogens (tertiary/aromatic N) is 1. The molecule has 1 aromatic carbocycles. The molecule has 0 aromatic heterocycles. The highest BCUT2D eigenvalue weighted by molar-refractivity contribution is 7.80. The normalized spacial score (nSPS) is 19.4. The first-order chi connectivity index (χ1) is 8.59. The molecule has 0 bridgehead atoms. The molecular formula is C13H17FN2OS. The highest BCUT2D eigenvalue weighted by Crippen LogP contribution is 2.18. The van der Waals surface area contributed by atoms with E-state index in [0.29, 0.717) is 30.3 Å². The summed E-state index contributed by atoms with van der Waals surface area (Å²) in [6, 6.07) is 5.52. The van der Waals surface area contributed by atoms with Crippen molar-refractivity contribution in [2.24, 2.45) is 5.73 Å². The van der Waals surface area contributed by atoms with Crippen molar-refractivity contribution in [2.75, 3.05) is 20.3 Å². The van der Waals surface area contributed by atoms with E-state index in [9.17, 15) is 4.39 Å². The second-order valence-electron chi connectivity index (χ2n) is 4.58. The van der Waals surface area contributed by atoms with Crippen molar-refractivity contribution in [1.29, 1.82) is 0 Å². The van der Waals surface area contributed by atoms with Crippen molar-refractivity contribution in [3.05, 3.63) is 35.1 Å². The smallest absolute Gasteiger partial charge is 0.137 e. The molecule has 0 saturated carbocycles. The number of halogens is 1. The maximum Gasteiger partial charge on any atom is 0.137 e. The lowest BCUT2D eigenvalue weighted by Crippen LogP contribution is -2.31. The summed E-state index contributed by atoms with van der Waals surface area (Å²) < 4.78 is 19.5. The topological polar surface area (TPSA) is 38.5 Å². The van der Waals surface area contributed by atoms with E-state index in [1.54, 1.807) is 18.2 Å². The number of likely N-dealkylation sites (N-methyl/N-ethyl adjacent to an activating group) is 1. The lowest BCUT2D eigenvalue weighted by molar-refractivity contribution is 0.155. The molecule has 1 aliphatic heterocycles. The Labute approximate surface area is 112 Å². The summed E-state index contributed by atoms with van der Waals surface area (Å²) in [5, 5.41) is 0. The Hall–Kier alpha value is -1.04. The predicted octanol–water partition coefficient (Wildman–Crippen LogP) is 1.68. The van der Waals surface area contributed by atoms with Gasteiger partial charge in [-0.3, -0.25) is 4.90 Å². The average molecular weight is 268 g/mol. The zero-order chi connectivity index (χ0) is 13.1. The van der Waals surface area contributed by atoms with Crippen molar-refractivity contribution in [3.63, 3.8) is 0 Å². The standard InChI is InChI=1S/C13H17FN2OS/c1-16(10-5-6-17-8-10)7-9-3-2-4-11(12(9)14)13(15)18/h2-4,10H,5-8H2,1H3,(H2,15,18). The fraction of sp³-hybridized carbons (Fsp3) is 0.462. The van der Waals surface area contributed by atoms with Crippen LogP contribution in [0.25, 0.3) is 0 Å². The predicted molar refractivity (Wildman–Crippen MR) is 73.0 cm³/mol. The minimum absolute atomic E-state index is 0.0983. The Bertz CT molecular complexity index is 447. The molecule has 18 heavy (non-hydrogen) atoms. The Morgan fingerprint density at radius 2 is 2.39 bits per heavy atom. The number of ether oxygens (including phenoxy) is 1. The molecule has 1 heterocycles. The summed E-state index contributed by atoms with van der Waals surface area (Å²) >= 11 is 4.83. The summed E-state index contributed by atoms with van der Waals surface area (Å²) in [5.74, 6) is -0.309. The van der Waals surface area contributed by atoms with Crippen molar-refractivity contribution in [3.8, 4) is 0 Å².